The van der Waals surface area contributed by atoms with Crippen LogP contribution in [-0.4, -0.2) is 62.4 Å². The molecule has 0 aromatic carbocycles. The second kappa shape index (κ2) is 5.44. The van der Waals surface area contributed by atoms with Crippen molar-refractivity contribution in [2.75, 3.05) is 6.61 Å². The molecule has 90 valence electrons. The van der Waals surface area contributed by atoms with Crippen molar-refractivity contribution in [3.05, 3.63) is 0 Å². The molecule has 5 atom stereocenters. The lowest BCUT2D eigenvalue weighted by molar-refractivity contribution is -0.247. The van der Waals surface area contributed by atoms with E-state index in [9.17, 15) is 15.3 Å². The van der Waals surface area contributed by atoms with Gasteiger partial charge in [0.15, 0.2) is 6.29 Å². The number of ether oxygens (including phenoxy) is 1. The van der Waals surface area contributed by atoms with Crippen LogP contribution in [0, 0.1) is 0 Å². The predicted molar refractivity (Wildman–Crippen MR) is 48.2 cm³/mol. The third-order valence-corrected chi connectivity index (χ3v) is 2.50. The third kappa shape index (κ3) is 3.28. The predicted octanol–water partition coefficient (Wildman–Crippen LogP) is -3.02. The first kappa shape index (κ1) is 13.2. The van der Waals surface area contributed by atoms with Gasteiger partial charge in [-0.25, -0.2) is 0 Å². The molecule has 0 bridgehead atoms. The Hall–Kier alpha value is 0.110. The van der Waals surface area contributed by atoms with Crippen LogP contribution in [0.3, 0.4) is 0 Å². The molecule has 1 unspecified atom stereocenters. The van der Waals surface area contributed by atoms with E-state index in [-0.39, 0.29) is 6.61 Å². The Morgan fingerprint density at radius 1 is 1.20 bits per heavy atom. The fourth-order valence-corrected chi connectivity index (χ4v) is 1.52. The Labute approximate surface area is 86.9 Å². The molecule has 0 amide bonds. The highest BCUT2D eigenvalue weighted by Gasteiger charge is 2.42. The quantitative estimate of drug-likeness (QED) is 0.287. The van der Waals surface area contributed by atoms with E-state index in [0.717, 1.165) is 0 Å². The fraction of sp³-hybridized carbons (Fsp3) is 1.00. The Balaban J connectivity index is 2.51. The minimum atomic E-state index is -2.57. The van der Waals surface area contributed by atoms with Crippen LogP contribution in [0.1, 0.15) is 0 Å². The molecule has 1 aliphatic heterocycles. The van der Waals surface area contributed by atoms with Crippen LogP contribution >= 0.6 is 8.60 Å². The van der Waals surface area contributed by atoms with Gasteiger partial charge >= 0.3 is 8.60 Å². The van der Waals surface area contributed by atoms with Gasteiger partial charge in [-0.15, -0.1) is 0 Å². The number of aliphatic hydroxyl groups is 3. The summed E-state index contributed by atoms with van der Waals surface area (Å²) in [4.78, 5) is 16.9. The molecule has 1 heterocycles. The molecule has 9 heteroatoms. The van der Waals surface area contributed by atoms with Gasteiger partial charge in [-0.05, 0) is 0 Å². The zero-order chi connectivity index (χ0) is 11.6. The van der Waals surface area contributed by atoms with Crippen molar-refractivity contribution >= 4 is 8.60 Å². The van der Waals surface area contributed by atoms with Gasteiger partial charge in [-0.3, -0.25) is 0 Å². The van der Waals surface area contributed by atoms with Crippen LogP contribution in [0.4, 0.5) is 0 Å². The first-order valence-electron chi connectivity index (χ1n) is 4.19. The summed E-state index contributed by atoms with van der Waals surface area (Å²) in [6, 6.07) is -1.11. The lowest BCUT2D eigenvalue weighted by Crippen LogP contribution is -2.61. The van der Waals surface area contributed by atoms with Crippen molar-refractivity contribution in [1.82, 2.24) is 0 Å². The lowest BCUT2D eigenvalue weighted by atomic mass is 9.98. The average Bonchev–Trinajstić information content (AvgIpc) is 2.18. The molecule has 0 radical (unpaired) electrons. The van der Waals surface area contributed by atoms with Gasteiger partial charge in [0.25, 0.3) is 0 Å². The number of nitrogens with two attached hydrogens (primary N) is 1. The van der Waals surface area contributed by atoms with Gasteiger partial charge in [-0.2, -0.15) is 0 Å². The largest absolute Gasteiger partial charge is 0.388 e. The molecular formula is C6H14NO7P. The van der Waals surface area contributed by atoms with E-state index in [1.54, 1.807) is 0 Å². The van der Waals surface area contributed by atoms with Crippen molar-refractivity contribution in [3.63, 3.8) is 0 Å². The Bertz CT molecular complexity index is 206. The molecule has 0 aromatic rings. The highest BCUT2D eigenvalue weighted by Crippen LogP contribution is 2.27. The first-order chi connectivity index (χ1) is 6.93. The summed E-state index contributed by atoms with van der Waals surface area (Å²) in [5, 5.41) is 28.0. The summed E-state index contributed by atoms with van der Waals surface area (Å²) in [6.07, 6.45) is -5.19. The van der Waals surface area contributed by atoms with Crippen LogP contribution in [0.25, 0.3) is 0 Å². The highest BCUT2D eigenvalue weighted by atomic mass is 31.2. The van der Waals surface area contributed by atoms with Crippen LogP contribution in [-0.2, 0) is 9.26 Å². The molecule has 0 saturated carbocycles. The molecule has 0 aliphatic carbocycles. The summed E-state index contributed by atoms with van der Waals surface area (Å²) in [7, 11) is -2.57. The Morgan fingerprint density at radius 3 is 2.33 bits per heavy atom. The molecule has 1 fully saturated rings. The van der Waals surface area contributed by atoms with E-state index < -0.39 is 39.2 Å². The van der Waals surface area contributed by atoms with Crippen molar-refractivity contribution in [3.8, 4) is 0 Å². The SMILES string of the molecule is N[C@H]1C(O)O[C@H](COP(O)O)[C@@H](O)[C@@H]1O. The topological polar surface area (TPSA) is 146 Å². The monoisotopic (exact) mass is 243 g/mol. The molecule has 1 rings (SSSR count). The number of rotatable bonds is 3. The molecular weight excluding hydrogens is 229 g/mol. The third-order valence-electron chi connectivity index (χ3n) is 2.12. The van der Waals surface area contributed by atoms with Crippen LogP contribution in [0.5, 0.6) is 0 Å². The van der Waals surface area contributed by atoms with Gasteiger partial charge < -0.3 is 40.1 Å². The zero-order valence-corrected chi connectivity index (χ0v) is 8.57. The van der Waals surface area contributed by atoms with E-state index in [2.05, 4.69) is 4.52 Å². The van der Waals surface area contributed by atoms with Gasteiger partial charge in [-0.1, -0.05) is 0 Å². The maximum atomic E-state index is 9.44. The normalized spacial score (nSPS) is 42.2. The molecule has 0 spiro atoms. The van der Waals surface area contributed by atoms with Crippen molar-refractivity contribution < 1.29 is 34.4 Å². The molecule has 1 saturated heterocycles. The van der Waals surface area contributed by atoms with Crippen LogP contribution in [0.2, 0.25) is 0 Å². The van der Waals surface area contributed by atoms with E-state index in [0.29, 0.717) is 0 Å². The van der Waals surface area contributed by atoms with E-state index >= 15 is 0 Å². The second-order valence-electron chi connectivity index (χ2n) is 3.17. The Morgan fingerprint density at radius 2 is 1.80 bits per heavy atom. The Kier molecular flexibility index (Phi) is 4.78. The van der Waals surface area contributed by atoms with Crippen molar-refractivity contribution in [1.29, 1.82) is 0 Å². The molecule has 0 aromatic heterocycles. The molecule has 1 aliphatic rings. The summed E-state index contributed by atoms with van der Waals surface area (Å²) >= 11 is 0. The maximum absolute atomic E-state index is 9.44. The van der Waals surface area contributed by atoms with Gasteiger partial charge in [0.05, 0.1) is 12.6 Å². The zero-order valence-electron chi connectivity index (χ0n) is 7.67. The minimum absolute atomic E-state index is 0.360. The first-order valence-corrected chi connectivity index (χ1v) is 5.36. The molecule has 15 heavy (non-hydrogen) atoms. The summed E-state index contributed by atoms with van der Waals surface area (Å²) < 4.78 is 9.23. The van der Waals surface area contributed by atoms with Crippen LogP contribution < -0.4 is 5.73 Å². The molecule has 8 nitrogen and oxygen atoms in total. The second-order valence-corrected chi connectivity index (χ2v) is 3.94. The van der Waals surface area contributed by atoms with Crippen molar-refractivity contribution in [2.45, 2.75) is 30.6 Å². The van der Waals surface area contributed by atoms with Gasteiger partial charge in [0.1, 0.15) is 18.3 Å². The van der Waals surface area contributed by atoms with E-state index in [1.807, 2.05) is 0 Å². The van der Waals surface area contributed by atoms with E-state index in [1.165, 1.54) is 0 Å². The average molecular weight is 243 g/mol. The molecule has 7 N–H and O–H groups in total. The van der Waals surface area contributed by atoms with Crippen LogP contribution in [0.15, 0.2) is 0 Å². The number of hydrogen-bond acceptors (Lipinski definition) is 8. The minimum Gasteiger partial charge on any atom is -0.388 e. The number of aliphatic hydroxyl groups excluding tert-OH is 3. The summed E-state index contributed by atoms with van der Waals surface area (Å²) in [6.45, 7) is -0.360. The van der Waals surface area contributed by atoms with Gasteiger partial charge in [0, 0.05) is 0 Å². The summed E-state index contributed by atoms with van der Waals surface area (Å²) in [5.74, 6) is 0. The standard InChI is InChI=1S/C6H14NO7P/c7-3-5(9)4(8)2(14-6(3)10)1-13-15(11)12/h2-6,8-12H,1,7H2/t2-,3-,4-,5-,6?/m1/s1. The maximum Gasteiger partial charge on any atom is 0.327 e. The van der Waals surface area contributed by atoms with E-state index in [4.69, 9.17) is 20.3 Å². The summed E-state index contributed by atoms with van der Waals surface area (Å²) in [5.41, 5.74) is 5.31. The number of hydrogen-bond donors (Lipinski definition) is 6. The highest BCUT2D eigenvalue weighted by molar-refractivity contribution is 7.39. The van der Waals surface area contributed by atoms with Gasteiger partial charge in [0.2, 0.25) is 0 Å². The smallest absolute Gasteiger partial charge is 0.327 e. The lowest BCUT2D eigenvalue weighted by Gasteiger charge is -2.38. The van der Waals surface area contributed by atoms with Crippen molar-refractivity contribution in [2.24, 2.45) is 5.73 Å². The fourth-order valence-electron chi connectivity index (χ4n) is 1.24.